The summed E-state index contributed by atoms with van der Waals surface area (Å²) in [5.74, 6) is -0.753. The first kappa shape index (κ1) is 23.8. The van der Waals surface area contributed by atoms with Crippen molar-refractivity contribution in [2.75, 3.05) is 13.7 Å². The van der Waals surface area contributed by atoms with Gasteiger partial charge in [-0.25, -0.2) is 4.79 Å². The molecule has 1 aliphatic rings. The Balaban J connectivity index is 1.50. The molecule has 3 aromatic carbocycles. The van der Waals surface area contributed by atoms with Crippen molar-refractivity contribution in [1.82, 2.24) is 5.32 Å². The van der Waals surface area contributed by atoms with E-state index in [0.29, 0.717) is 30.1 Å². The van der Waals surface area contributed by atoms with Crippen molar-refractivity contribution in [3.8, 4) is 17.6 Å². The van der Waals surface area contributed by atoms with Gasteiger partial charge < -0.3 is 19.9 Å². The van der Waals surface area contributed by atoms with E-state index in [9.17, 15) is 14.7 Å². The number of hydrogen-bond acceptors (Lipinski definition) is 5. The highest BCUT2D eigenvalue weighted by Gasteiger charge is 2.45. The molecule has 1 amide bonds. The number of carbonyl (C=O) groups is 2. The van der Waals surface area contributed by atoms with Crippen molar-refractivity contribution < 1.29 is 24.2 Å². The molecular formula is C28H26N2O5. The molecule has 1 atom stereocenters. The van der Waals surface area contributed by atoms with Crippen LogP contribution >= 0.6 is 0 Å². The van der Waals surface area contributed by atoms with Gasteiger partial charge in [-0.3, -0.25) is 4.79 Å². The lowest BCUT2D eigenvalue weighted by molar-refractivity contribution is -0.144. The summed E-state index contributed by atoms with van der Waals surface area (Å²) in [5.41, 5.74) is 3.11. The number of methoxy groups -OCH3 is 1. The zero-order chi connectivity index (χ0) is 25.0. The van der Waals surface area contributed by atoms with Crippen LogP contribution in [0.1, 0.15) is 38.2 Å². The highest BCUT2D eigenvalue weighted by molar-refractivity contribution is 5.99. The van der Waals surface area contributed by atoms with Gasteiger partial charge in [-0.1, -0.05) is 35.9 Å². The molecular weight excluding hydrogens is 444 g/mol. The number of nitrogens with zero attached hydrogens (tertiary/aromatic N) is 1. The number of ether oxygens (including phenoxy) is 2. The fourth-order valence-corrected chi connectivity index (χ4v) is 4.41. The number of carboxylic acids is 1. The average molecular weight is 471 g/mol. The van der Waals surface area contributed by atoms with E-state index in [-0.39, 0.29) is 18.4 Å². The number of nitrogens with one attached hydrogen (secondary N) is 1. The number of benzene rings is 3. The second kappa shape index (κ2) is 9.90. The van der Waals surface area contributed by atoms with Crippen molar-refractivity contribution in [2.24, 2.45) is 0 Å². The van der Waals surface area contributed by atoms with E-state index in [1.807, 2.05) is 25.1 Å². The maximum Gasteiger partial charge on any atom is 0.330 e. The zero-order valence-corrected chi connectivity index (χ0v) is 19.6. The molecule has 0 aromatic heterocycles. The molecule has 0 saturated heterocycles. The average Bonchev–Trinajstić information content (AvgIpc) is 3.22. The Hall–Kier alpha value is -4.31. The largest absolute Gasteiger partial charge is 0.493 e. The summed E-state index contributed by atoms with van der Waals surface area (Å²) >= 11 is 0. The highest BCUT2D eigenvalue weighted by atomic mass is 16.5. The molecule has 4 rings (SSSR count). The predicted molar refractivity (Wildman–Crippen MR) is 130 cm³/mol. The van der Waals surface area contributed by atoms with E-state index in [4.69, 9.17) is 14.7 Å². The molecule has 7 nitrogen and oxygen atoms in total. The van der Waals surface area contributed by atoms with E-state index in [2.05, 4.69) is 17.5 Å². The Kier molecular flexibility index (Phi) is 6.74. The molecule has 0 bridgehead atoms. The minimum atomic E-state index is -1.49. The SMILES string of the molecule is COc1ccc(C(=O)NC2(C(=O)O)Cc3ccc(C#N)cc3C2)cc1OCCc1cccc(C)c1. The summed E-state index contributed by atoms with van der Waals surface area (Å²) in [6.45, 7) is 2.42. The van der Waals surface area contributed by atoms with E-state index >= 15 is 0 Å². The summed E-state index contributed by atoms with van der Waals surface area (Å²) < 4.78 is 11.3. The molecule has 1 unspecified atom stereocenters. The lowest BCUT2D eigenvalue weighted by Crippen LogP contribution is -2.55. The van der Waals surface area contributed by atoms with E-state index in [0.717, 1.165) is 16.7 Å². The number of aryl methyl sites for hydroxylation is 1. The molecule has 3 aromatic rings. The third-order valence-electron chi connectivity index (χ3n) is 6.24. The molecule has 0 fully saturated rings. The maximum atomic E-state index is 13.1. The lowest BCUT2D eigenvalue weighted by atomic mass is 9.95. The maximum absolute atomic E-state index is 13.1. The number of fused-ring (bicyclic) bond motifs is 1. The highest BCUT2D eigenvalue weighted by Crippen LogP contribution is 2.33. The van der Waals surface area contributed by atoms with Crippen molar-refractivity contribution in [3.63, 3.8) is 0 Å². The number of amides is 1. The van der Waals surface area contributed by atoms with Gasteiger partial charge in [0, 0.05) is 24.8 Å². The van der Waals surface area contributed by atoms with Gasteiger partial charge in [0.05, 0.1) is 25.3 Å². The van der Waals surface area contributed by atoms with Gasteiger partial charge in [-0.15, -0.1) is 0 Å². The monoisotopic (exact) mass is 470 g/mol. The first-order chi connectivity index (χ1) is 16.8. The smallest absolute Gasteiger partial charge is 0.330 e. The van der Waals surface area contributed by atoms with Crippen LogP contribution in [0, 0.1) is 18.3 Å². The molecule has 0 heterocycles. The summed E-state index contributed by atoms with van der Waals surface area (Å²) in [4.78, 5) is 25.4. The minimum Gasteiger partial charge on any atom is -0.493 e. The molecule has 0 spiro atoms. The third kappa shape index (κ3) is 5.12. The molecule has 0 radical (unpaired) electrons. The molecule has 35 heavy (non-hydrogen) atoms. The van der Waals surface area contributed by atoms with Crippen molar-refractivity contribution in [3.05, 3.63) is 94.0 Å². The summed E-state index contributed by atoms with van der Waals surface area (Å²) in [5, 5.41) is 21.9. The minimum absolute atomic E-state index is 0.106. The van der Waals surface area contributed by atoms with Crippen molar-refractivity contribution in [1.29, 1.82) is 5.26 Å². The third-order valence-corrected chi connectivity index (χ3v) is 6.24. The molecule has 178 valence electrons. The number of hydrogen-bond donors (Lipinski definition) is 2. The van der Waals surface area contributed by atoms with Gasteiger partial charge in [0.25, 0.3) is 5.91 Å². The number of carbonyl (C=O) groups excluding carboxylic acids is 1. The Bertz CT molecular complexity index is 1330. The lowest BCUT2D eigenvalue weighted by Gasteiger charge is -2.25. The van der Waals surface area contributed by atoms with Crippen LogP contribution in [0.2, 0.25) is 0 Å². The molecule has 7 heteroatoms. The van der Waals surface area contributed by atoms with Gasteiger partial charge in [0.2, 0.25) is 0 Å². The van der Waals surface area contributed by atoms with Crippen LogP contribution in [0.5, 0.6) is 11.5 Å². The number of rotatable bonds is 8. The van der Waals surface area contributed by atoms with Gasteiger partial charge in [0.15, 0.2) is 11.5 Å². The first-order valence-electron chi connectivity index (χ1n) is 11.3. The van der Waals surface area contributed by atoms with Crippen molar-refractivity contribution in [2.45, 2.75) is 31.7 Å². The van der Waals surface area contributed by atoms with E-state index in [1.165, 1.54) is 12.7 Å². The molecule has 1 aliphatic carbocycles. The predicted octanol–water partition coefficient (Wildman–Crippen LogP) is 3.85. The fraction of sp³-hybridized carbons (Fsp3) is 0.250. The van der Waals surface area contributed by atoms with Gasteiger partial charge >= 0.3 is 5.97 Å². The Labute approximate surface area is 203 Å². The fourth-order valence-electron chi connectivity index (χ4n) is 4.41. The second-order valence-electron chi connectivity index (χ2n) is 8.74. The van der Waals surface area contributed by atoms with Crippen LogP contribution in [-0.4, -0.2) is 36.2 Å². The van der Waals surface area contributed by atoms with Crippen LogP contribution < -0.4 is 14.8 Å². The second-order valence-corrected chi connectivity index (χ2v) is 8.74. The van der Waals surface area contributed by atoms with Gasteiger partial charge in [-0.05, 0) is 53.9 Å². The topological polar surface area (TPSA) is 109 Å². The van der Waals surface area contributed by atoms with Crippen LogP contribution in [0.25, 0.3) is 0 Å². The van der Waals surface area contributed by atoms with Crippen LogP contribution in [0.4, 0.5) is 0 Å². The standard InChI is InChI=1S/C28H26N2O5/c1-18-4-3-5-19(12-18)10-11-35-25-14-21(8-9-24(25)34-2)26(31)30-28(27(32)33)15-22-7-6-20(17-29)13-23(22)16-28/h3-9,12-14H,10-11,15-16H2,1-2H3,(H,30,31)(H,32,33). The van der Waals surface area contributed by atoms with E-state index < -0.39 is 17.4 Å². The Morgan fingerprint density at radius 1 is 1.06 bits per heavy atom. The van der Waals surface area contributed by atoms with Crippen molar-refractivity contribution >= 4 is 11.9 Å². The molecule has 0 saturated carbocycles. The molecule has 0 aliphatic heterocycles. The number of aliphatic carboxylic acids is 1. The van der Waals surface area contributed by atoms with E-state index in [1.54, 1.807) is 36.4 Å². The molecule has 2 N–H and O–H groups in total. The van der Waals surface area contributed by atoms with Crippen LogP contribution in [-0.2, 0) is 24.1 Å². The van der Waals surface area contributed by atoms with Gasteiger partial charge in [0.1, 0.15) is 5.54 Å². The number of carboxylic acid groups (broad SMARTS) is 1. The quantitative estimate of drug-likeness (QED) is 0.518. The first-order valence-corrected chi connectivity index (χ1v) is 11.3. The Morgan fingerprint density at radius 3 is 2.57 bits per heavy atom. The zero-order valence-electron chi connectivity index (χ0n) is 19.6. The summed E-state index contributed by atoms with van der Waals surface area (Å²) in [6.07, 6.45) is 0.937. The van der Waals surface area contributed by atoms with Crippen LogP contribution in [0.3, 0.4) is 0 Å². The summed E-state index contributed by atoms with van der Waals surface area (Å²) in [7, 11) is 1.52. The van der Waals surface area contributed by atoms with Crippen LogP contribution in [0.15, 0.2) is 60.7 Å². The number of nitriles is 1. The normalized spacial score (nSPS) is 16.1. The summed E-state index contributed by atoms with van der Waals surface area (Å²) in [6, 6.07) is 20.1. The Morgan fingerprint density at radius 2 is 1.86 bits per heavy atom. The van der Waals surface area contributed by atoms with Gasteiger partial charge in [-0.2, -0.15) is 5.26 Å².